The molecule has 4 N–H and O–H groups in total. The summed E-state index contributed by atoms with van der Waals surface area (Å²) >= 11 is 0.748. The molecule has 0 amide bonds. The monoisotopic (exact) mass is 558 g/mol. The third-order valence-electron chi connectivity index (χ3n) is 6.53. The van der Waals surface area contributed by atoms with Gasteiger partial charge in [0.15, 0.2) is 11.6 Å². The molecule has 0 saturated carbocycles. The van der Waals surface area contributed by atoms with Crippen LogP contribution in [0.3, 0.4) is 0 Å². The minimum absolute atomic E-state index is 0.0381. The highest BCUT2D eigenvalue weighted by Crippen LogP contribution is 2.32. The Morgan fingerprint density at radius 3 is 2.62 bits per heavy atom. The second kappa shape index (κ2) is 9.70. The number of halogens is 2. The quantitative estimate of drug-likeness (QED) is 0.249. The number of aromatic hydroxyl groups is 1. The third-order valence-corrected chi connectivity index (χ3v) is 7.35. The summed E-state index contributed by atoms with van der Waals surface area (Å²) in [6.07, 6.45) is 6.00. The van der Waals surface area contributed by atoms with E-state index in [2.05, 4.69) is 19.9 Å². The Balaban J connectivity index is 1.41. The predicted molar refractivity (Wildman–Crippen MR) is 148 cm³/mol. The normalized spacial score (nSPS) is 14.2. The van der Waals surface area contributed by atoms with Gasteiger partial charge in [-0.3, -0.25) is 14.8 Å². The Morgan fingerprint density at radius 2 is 1.88 bits per heavy atom. The summed E-state index contributed by atoms with van der Waals surface area (Å²) in [7, 11) is 0. The molecule has 3 heterocycles. The smallest absolute Gasteiger partial charge is 0.307 e. The molecule has 0 radical (unpaired) electrons. The second-order valence-electron chi connectivity index (χ2n) is 9.18. The molecule has 1 aliphatic heterocycles. The minimum atomic E-state index is -1.41. The largest absolute Gasteiger partial charge is 0.493 e. The summed E-state index contributed by atoms with van der Waals surface area (Å²) in [5.41, 5.74) is -0.0504. The van der Waals surface area contributed by atoms with Crippen LogP contribution in [0.2, 0.25) is 0 Å². The fourth-order valence-electron chi connectivity index (χ4n) is 4.43. The van der Waals surface area contributed by atoms with Gasteiger partial charge in [-0.25, -0.2) is 13.8 Å². The Hall–Kier alpha value is -4.87. The predicted octanol–water partition coefficient (Wildman–Crippen LogP) is 4.18. The highest BCUT2D eigenvalue weighted by molar-refractivity contribution is 7.10. The van der Waals surface area contributed by atoms with Crippen molar-refractivity contribution >= 4 is 35.4 Å². The topological polar surface area (TPSA) is 124 Å². The molecule has 200 valence electrons. The van der Waals surface area contributed by atoms with Crippen molar-refractivity contribution in [3.05, 3.63) is 109 Å². The van der Waals surface area contributed by atoms with Crippen LogP contribution in [0, 0.1) is 11.6 Å². The van der Waals surface area contributed by atoms with Crippen molar-refractivity contribution in [1.29, 1.82) is 0 Å². The number of nitrogens with one attached hydrogen (secondary N) is 2. The molecular weight excluding hydrogens is 538 g/mol. The van der Waals surface area contributed by atoms with Crippen LogP contribution in [-0.2, 0) is 5.60 Å². The summed E-state index contributed by atoms with van der Waals surface area (Å²) in [5, 5.41) is 22.0. The zero-order chi connectivity index (χ0) is 28.0. The van der Waals surface area contributed by atoms with Gasteiger partial charge >= 0.3 is 4.87 Å². The van der Waals surface area contributed by atoms with Gasteiger partial charge in [0.25, 0.3) is 0 Å². The number of hydrogen-bond acceptors (Lipinski definition) is 7. The molecule has 0 aliphatic carbocycles. The minimum Gasteiger partial charge on any atom is -0.493 e. The Labute approximate surface area is 228 Å². The zero-order valence-electron chi connectivity index (χ0n) is 20.8. The summed E-state index contributed by atoms with van der Waals surface area (Å²) in [5.74, 6) is -1.68. The number of ether oxygens (including phenoxy) is 1. The highest BCUT2D eigenvalue weighted by atomic mass is 32.1. The highest BCUT2D eigenvalue weighted by Gasteiger charge is 2.28. The van der Waals surface area contributed by atoms with Crippen molar-refractivity contribution < 1.29 is 23.7 Å². The molecule has 0 bridgehead atoms. The van der Waals surface area contributed by atoms with Crippen LogP contribution in [0.15, 0.2) is 70.6 Å². The summed E-state index contributed by atoms with van der Waals surface area (Å²) < 4.78 is 36.2. The van der Waals surface area contributed by atoms with Crippen LogP contribution < -0.4 is 20.0 Å². The lowest BCUT2D eigenvalue weighted by molar-refractivity contribution is 0.0979. The molecule has 0 spiro atoms. The summed E-state index contributed by atoms with van der Waals surface area (Å²) in [4.78, 5) is 25.1. The van der Waals surface area contributed by atoms with E-state index in [1.807, 2.05) is 6.07 Å². The van der Waals surface area contributed by atoms with Crippen LogP contribution in [0.4, 0.5) is 14.5 Å². The number of aromatic nitrogens is 3. The van der Waals surface area contributed by atoms with Gasteiger partial charge in [-0.15, -0.1) is 0 Å². The maximum Gasteiger partial charge on any atom is 0.307 e. The van der Waals surface area contributed by atoms with Gasteiger partial charge in [-0.1, -0.05) is 41.7 Å². The molecule has 11 heteroatoms. The molecule has 1 atom stereocenters. The molecule has 1 unspecified atom stereocenters. The molecular formula is C29H20F2N4O4S. The van der Waals surface area contributed by atoms with E-state index < -0.39 is 22.1 Å². The first-order chi connectivity index (χ1) is 19.2. The molecule has 2 aromatic heterocycles. The van der Waals surface area contributed by atoms with Gasteiger partial charge in [-0.05, 0) is 42.8 Å². The molecule has 6 rings (SSSR count). The van der Waals surface area contributed by atoms with Gasteiger partial charge < -0.3 is 19.9 Å². The standard InChI is InChI=1S/C29H20F2N4O4S/c1-29(38,15-5-3-2-4-6-15)24-14-33-26(34-24)19-11-16(7-8-20(19)30)39-25-18(12-23-27(36)35-28(37)40-23)17-9-10-32-22(17)13-21(25)31/h2-14,36,38H,1H3,(H,33,34)(H,35,37). The molecule has 3 aromatic carbocycles. The Bertz CT molecular complexity index is 1980. The average Bonchev–Trinajstić information content (AvgIpc) is 3.68. The van der Waals surface area contributed by atoms with E-state index in [-0.39, 0.29) is 38.9 Å². The number of H-pyrrole nitrogens is 2. The number of thiazole rings is 1. The second-order valence-corrected chi connectivity index (χ2v) is 10.2. The van der Waals surface area contributed by atoms with Gasteiger partial charge in [-0.2, -0.15) is 0 Å². The lowest BCUT2D eigenvalue weighted by Gasteiger charge is -2.22. The zero-order valence-corrected chi connectivity index (χ0v) is 21.6. The molecule has 40 heavy (non-hydrogen) atoms. The van der Waals surface area contributed by atoms with Crippen molar-refractivity contribution in [2.45, 2.75) is 12.5 Å². The third kappa shape index (κ3) is 4.51. The number of benzene rings is 3. The molecule has 0 saturated heterocycles. The first kappa shape index (κ1) is 25.4. The average molecular weight is 559 g/mol. The van der Waals surface area contributed by atoms with Crippen molar-refractivity contribution in [2.75, 3.05) is 0 Å². The van der Waals surface area contributed by atoms with E-state index in [1.54, 1.807) is 37.3 Å². The lowest BCUT2D eigenvalue weighted by Crippen LogP contribution is -2.26. The fourth-order valence-corrected chi connectivity index (χ4v) is 5.10. The molecule has 8 nitrogen and oxygen atoms in total. The number of rotatable bonds is 6. The van der Waals surface area contributed by atoms with Crippen molar-refractivity contribution in [1.82, 2.24) is 15.0 Å². The van der Waals surface area contributed by atoms with Crippen molar-refractivity contribution in [3.63, 3.8) is 0 Å². The van der Waals surface area contributed by atoms with Crippen LogP contribution >= 0.6 is 11.3 Å². The number of fused-ring (bicyclic) bond motifs is 1. The molecule has 1 aliphatic rings. The van der Waals surface area contributed by atoms with Crippen LogP contribution in [-0.4, -0.2) is 31.4 Å². The van der Waals surface area contributed by atoms with E-state index in [9.17, 15) is 19.4 Å². The number of imidazole rings is 1. The van der Waals surface area contributed by atoms with Crippen molar-refractivity contribution in [2.24, 2.45) is 4.99 Å². The SMILES string of the molecule is CC(O)(c1ccccc1)c1cnc(-c2cc(Oc3c(F)cc4c(c3=Cc3sc(=O)[nH]c3O)=CC=N4)ccc2F)[nH]1. The molecule has 5 aromatic rings. The van der Waals surface area contributed by atoms with Gasteiger partial charge in [0.05, 0.1) is 28.0 Å². The van der Waals surface area contributed by atoms with Gasteiger partial charge in [0, 0.05) is 22.7 Å². The lowest BCUT2D eigenvalue weighted by atomic mass is 9.93. The fraction of sp³-hybridized carbons (Fsp3) is 0.0690. The first-order valence-corrected chi connectivity index (χ1v) is 12.8. The number of nitrogens with zero attached hydrogens (tertiary/aromatic N) is 2. The van der Waals surface area contributed by atoms with Crippen LogP contribution in [0.1, 0.15) is 23.1 Å². The summed E-state index contributed by atoms with van der Waals surface area (Å²) in [6.45, 7) is 1.60. The van der Waals surface area contributed by atoms with Gasteiger partial charge in [0.1, 0.15) is 23.0 Å². The van der Waals surface area contributed by atoms with E-state index in [1.165, 1.54) is 36.7 Å². The maximum absolute atomic E-state index is 15.3. The van der Waals surface area contributed by atoms with Gasteiger partial charge in [0.2, 0.25) is 5.88 Å². The number of aliphatic imine (C=N–C) groups is 1. The molecule has 0 fully saturated rings. The first-order valence-electron chi connectivity index (χ1n) is 12.0. The van der Waals surface area contributed by atoms with E-state index in [0.29, 0.717) is 22.2 Å². The Morgan fingerprint density at radius 1 is 1.07 bits per heavy atom. The van der Waals surface area contributed by atoms with Crippen LogP contribution in [0.5, 0.6) is 17.4 Å². The van der Waals surface area contributed by atoms with Crippen LogP contribution in [0.25, 0.3) is 23.5 Å². The Kier molecular flexibility index (Phi) is 6.16. The maximum atomic E-state index is 15.3. The van der Waals surface area contributed by atoms with Crippen molar-refractivity contribution in [3.8, 4) is 28.8 Å². The number of aliphatic hydroxyl groups is 1. The van der Waals surface area contributed by atoms with E-state index in [4.69, 9.17) is 4.74 Å². The van der Waals surface area contributed by atoms with E-state index >= 15 is 4.39 Å². The number of hydrogen-bond donors (Lipinski definition) is 4. The number of aromatic amines is 2. The summed E-state index contributed by atoms with van der Waals surface area (Å²) in [6, 6.07) is 14.0. The van der Waals surface area contributed by atoms with E-state index in [0.717, 1.165) is 17.4 Å².